The fraction of sp³-hybridized carbons (Fsp3) is 0.172. The van der Waals surface area contributed by atoms with Crippen LogP contribution in [-0.4, -0.2) is 55.7 Å². The number of benzene rings is 2. The van der Waals surface area contributed by atoms with Gasteiger partial charge in [0.15, 0.2) is 15.5 Å². The fourth-order valence-electron chi connectivity index (χ4n) is 3.77. The van der Waals surface area contributed by atoms with Crippen molar-refractivity contribution in [1.29, 1.82) is 0 Å². The predicted molar refractivity (Wildman–Crippen MR) is 163 cm³/mol. The number of nitrogens with one attached hydrogen (secondary N) is 3. The number of aromatic nitrogens is 2. The smallest absolute Gasteiger partial charge is 0.277 e. The molecule has 0 aliphatic rings. The van der Waals surface area contributed by atoms with Crippen LogP contribution in [0, 0.1) is 0 Å². The van der Waals surface area contributed by atoms with E-state index in [0.717, 1.165) is 11.8 Å². The number of sulfone groups is 1. The number of pyridine rings is 2. The van der Waals surface area contributed by atoms with Gasteiger partial charge < -0.3 is 20.1 Å². The van der Waals surface area contributed by atoms with E-state index in [1.807, 2.05) is 30.3 Å². The molecule has 1 atom stereocenters. The van der Waals surface area contributed by atoms with Crippen molar-refractivity contribution in [1.82, 2.24) is 14.8 Å². The van der Waals surface area contributed by atoms with Crippen molar-refractivity contribution in [3.8, 4) is 5.75 Å². The molecule has 0 aliphatic carbocycles. The molecule has 2 aromatic heterocycles. The van der Waals surface area contributed by atoms with E-state index in [9.17, 15) is 18.0 Å². The van der Waals surface area contributed by atoms with Gasteiger partial charge in [0.05, 0.1) is 27.8 Å². The van der Waals surface area contributed by atoms with Gasteiger partial charge in [-0.25, -0.2) is 23.2 Å². The summed E-state index contributed by atoms with van der Waals surface area (Å²) in [6, 6.07) is 19.5. The maximum Gasteiger partial charge on any atom is 0.277 e. The van der Waals surface area contributed by atoms with Crippen LogP contribution in [0.5, 0.6) is 5.75 Å². The van der Waals surface area contributed by atoms with E-state index in [1.54, 1.807) is 12.1 Å². The summed E-state index contributed by atoms with van der Waals surface area (Å²) in [7, 11) is -3.63. The van der Waals surface area contributed by atoms with Crippen LogP contribution < -0.4 is 20.2 Å². The lowest BCUT2D eigenvalue weighted by molar-refractivity contribution is 0.0130. The third kappa shape index (κ3) is 9.21. The molecule has 1 unspecified atom stereocenters. The molecule has 4 aromatic rings. The van der Waals surface area contributed by atoms with Crippen molar-refractivity contribution in [2.75, 3.05) is 30.0 Å². The lowest BCUT2D eigenvalue weighted by Gasteiger charge is -2.20. The molecule has 0 aliphatic heterocycles. The maximum atomic E-state index is 13.5. The van der Waals surface area contributed by atoms with Gasteiger partial charge in [-0.15, -0.1) is 0 Å². The minimum absolute atomic E-state index is 0.0106. The highest BCUT2D eigenvalue weighted by molar-refractivity contribution is 7.90. The first kappa shape index (κ1) is 31.9. The van der Waals surface area contributed by atoms with Crippen molar-refractivity contribution in [2.24, 2.45) is 0 Å². The van der Waals surface area contributed by atoms with E-state index in [0.29, 0.717) is 5.02 Å². The number of hydrogen-bond acceptors (Lipinski definition) is 9. The Labute approximate surface area is 258 Å². The van der Waals surface area contributed by atoms with Gasteiger partial charge in [0, 0.05) is 25.2 Å². The summed E-state index contributed by atoms with van der Waals surface area (Å²) in [6.07, 6.45) is 3.27. The van der Waals surface area contributed by atoms with Crippen LogP contribution in [0.25, 0.3) is 0 Å². The molecule has 3 N–H and O–H groups in total. The van der Waals surface area contributed by atoms with Gasteiger partial charge in [-0.05, 0) is 59.8 Å². The summed E-state index contributed by atoms with van der Waals surface area (Å²) < 4.78 is 36.4. The van der Waals surface area contributed by atoms with Gasteiger partial charge >= 0.3 is 0 Å². The molecule has 224 valence electrons. The van der Waals surface area contributed by atoms with E-state index in [-0.39, 0.29) is 53.2 Å². The Morgan fingerprint density at radius 3 is 2.44 bits per heavy atom. The van der Waals surface area contributed by atoms with E-state index < -0.39 is 27.8 Å². The molecular weight excluding hydrogens is 617 g/mol. The average molecular weight is 645 g/mol. The second kappa shape index (κ2) is 14.9. The number of nitrogens with zero attached hydrogens (tertiary/aromatic N) is 2. The number of rotatable bonds is 13. The zero-order valence-electron chi connectivity index (χ0n) is 22.8. The normalized spacial score (nSPS) is 11.9. The average Bonchev–Trinajstić information content (AvgIpc) is 3.00. The number of amides is 2. The molecule has 0 radical (unpaired) electrons. The van der Waals surface area contributed by atoms with E-state index >= 15 is 0 Å². The quantitative estimate of drug-likeness (QED) is 0.176. The first-order valence-electron chi connectivity index (χ1n) is 12.8. The summed E-state index contributed by atoms with van der Waals surface area (Å²) >= 11 is 11.6. The summed E-state index contributed by atoms with van der Waals surface area (Å²) in [6.45, 7) is 0.425. The number of ether oxygens (including phenoxy) is 2. The molecular formula is C29H27Cl2N5O6S. The highest BCUT2D eigenvalue weighted by atomic mass is 35.5. The predicted octanol–water partition coefficient (Wildman–Crippen LogP) is 4.75. The largest absolute Gasteiger partial charge is 0.490 e. The summed E-state index contributed by atoms with van der Waals surface area (Å²) in [5.74, 6) is -1.07. The summed E-state index contributed by atoms with van der Waals surface area (Å²) in [5.41, 5.74) is 0.977. The Hall–Kier alpha value is -4.07. The summed E-state index contributed by atoms with van der Waals surface area (Å²) in [5, 5.41) is 5.66. The molecule has 0 fully saturated rings. The van der Waals surface area contributed by atoms with Crippen LogP contribution in [0.4, 0.5) is 11.5 Å². The molecule has 4 rings (SSSR count). The first-order chi connectivity index (χ1) is 20.6. The lowest BCUT2D eigenvalue weighted by Crippen LogP contribution is -2.30. The van der Waals surface area contributed by atoms with Crippen molar-refractivity contribution in [3.63, 3.8) is 0 Å². The first-order valence-corrected chi connectivity index (χ1v) is 15.4. The molecule has 0 bridgehead atoms. The minimum Gasteiger partial charge on any atom is -0.490 e. The Morgan fingerprint density at radius 2 is 1.74 bits per heavy atom. The van der Waals surface area contributed by atoms with Crippen LogP contribution in [-0.2, 0) is 21.2 Å². The Kier molecular flexibility index (Phi) is 11.0. The summed E-state index contributed by atoms with van der Waals surface area (Å²) in [4.78, 5) is 37.0. The second-order valence-electron chi connectivity index (χ2n) is 9.17. The monoisotopic (exact) mass is 643 g/mol. The third-order valence-electron chi connectivity index (χ3n) is 5.92. The van der Waals surface area contributed by atoms with Gasteiger partial charge in [-0.1, -0.05) is 41.9 Å². The number of carbonyl (C=O) groups excluding carboxylic acids is 2. The zero-order chi connectivity index (χ0) is 30.8. The number of anilines is 2. The second-order valence-corrected chi connectivity index (χ2v) is 11.9. The van der Waals surface area contributed by atoms with Gasteiger partial charge in [0.2, 0.25) is 0 Å². The standard InChI is InChI=1S/C29H27Cl2N5O6S/c1-43(39,40)22-10-11-23(25(14-22)42-18-21(16-34-31)41-17-19-6-3-2-4-7-19)28(37)35-24-8-5-13-32-27(24)29(38)36-26-12-9-20(30)15-33-26/h2-15,21,34H,16-18H2,1H3,(H,35,37)(H,33,36,38). The number of halogens is 2. The van der Waals surface area contributed by atoms with E-state index in [4.69, 9.17) is 32.9 Å². The van der Waals surface area contributed by atoms with E-state index in [2.05, 4.69) is 25.4 Å². The van der Waals surface area contributed by atoms with Crippen molar-refractivity contribution in [2.45, 2.75) is 17.6 Å². The van der Waals surface area contributed by atoms with Crippen molar-refractivity contribution in [3.05, 3.63) is 107 Å². The van der Waals surface area contributed by atoms with Crippen LogP contribution in [0.1, 0.15) is 26.4 Å². The molecule has 14 heteroatoms. The third-order valence-corrected chi connectivity index (χ3v) is 7.41. The highest BCUT2D eigenvalue weighted by Gasteiger charge is 2.22. The Bertz CT molecular complexity index is 1670. The van der Waals surface area contributed by atoms with Crippen molar-refractivity contribution >= 4 is 56.5 Å². The Balaban J connectivity index is 1.54. The number of carbonyl (C=O) groups is 2. The molecule has 43 heavy (non-hydrogen) atoms. The van der Waals surface area contributed by atoms with Crippen LogP contribution in [0.3, 0.4) is 0 Å². The van der Waals surface area contributed by atoms with Crippen molar-refractivity contribution < 1.29 is 27.5 Å². The topological polar surface area (TPSA) is 149 Å². The van der Waals surface area contributed by atoms with Gasteiger partial charge in [0.1, 0.15) is 24.3 Å². The van der Waals surface area contributed by atoms with Crippen LogP contribution in [0.15, 0.2) is 90.1 Å². The SMILES string of the molecule is CS(=O)(=O)c1ccc(C(=O)Nc2cccnc2C(=O)Nc2ccc(Cl)cn2)c(OCC(CNCl)OCc2ccccc2)c1. The van der Waals surface area contributed by atoms with Crippen LogP contribution >= 0.6 is 23.4 Å². The minimum atomic E-state index is -3.63. The molecule has 0 saturated carbocycles. The lowest BCUT2D eigenvalue weighted by atomic mass is 10.1. The zero-order valence-corrected chi connectivity index (χ0v) is 25.1. The highest BCUT2D eigenvalue weighted by Crippen LogP contribution is 2.26. The molecule has 2 heterocycles. The van der Waals surface area contributed by atoms with E-state index in [1.165, 1.54) is 42.7 Å². The fourth-order valence-corrected chi connectivity index (χ4v) is 4.69. The van der Waals surface area contributed by atoms with Gasteiger partial charge in [-0.2, -0.15) is 0 Å². The molecule has 2 aromatic carbocycles. The van der Waals surface area contributed by atoms with Crippen LogP contribution in [0.2, 0.25) is 5.02 Å². The molecule has 0 spiro atoms. The molecule has 0 saturated heterocycles. The molecule has 11 nitrogen and oxygen atoms in total. The van der Waals surface area contributed by atoms with Gasteiger partial charge in [-0.3, -0.25) is 9.59 Å². The van der Waals surface area contributed by atoms with Gasteiger partial charge in [0.25, 0.3) is 11.8 Å². The molecule has 2 amide bonds. The Morgan fingerprint density at radius 1 is 0.953 bits per heavy atom. The maximum absolute atomic E-state index is 13.5. The number of hydrogen-bond donors (Lipinski definition) is 3.